The minimum absolute atomic E-state index is 0.108. The highest BCUT2D eigenvalue weighted by Crippen LogP contribution is 2.24. The summed E-state index contributed by atoms with van der Waals surface area (Å²) in [4.78, 5) is 26.6. The van der Waals surface area contributed by atoms with E-state index in [0.29, 0.717) is 36.3 Å². The number of hydrogen-bond acceptors (Lipinski definition) is 9. The highest BCUT2D eigenvalue weighted by Gasteiger charge is 2.15. The molecular weight excluding hydrogens is 410 g/mol. The van der Waals surface area contributed by atoms with Crippen LogP contribution in [0.15, 0.2) is 11.4 Å². The number of thioether (sulfide) groups is 1. The van der Waals surface area contributed by atoms with E-state index in [1.165, 1.54) is 11.3 Å². The van der Waals surface area contributed by atoms with Crippen molar-refractivity contribution in [2.24, 2.45) is 0 Å². The van der Waals surface area contributed by atoms with E-state index in [4.69, 9.17) is 4.74 Å². The van der Waals surface area contributed by atoms with Gasteiger partial charge in [-0.25, -0.2) is 19.6 Å². The number of nitrogens with zero attached hydrogens (tertiary/aromatic N) is 5. The first kappa shape index (κ1) is 21.5. The molecule has 0 bridgehead atoms. The Hall–Kier alpha value is -2.24. The summed E-state index contributed by atoms with van der Waals surface area (Å²) in [5.41, 5.74) is 1.50. The number of ether oxygens (including phenoxy) is 1. The standard InChI is InChI=1S/C18H25N7O2S2/c1-5-28-18-23-15(19-7-9-27-4)13-10-21-25(16(13)24-18)8-6-20-17(26)14-11(2)22-12(3)29-14/h10H,5-9H2,1-4H3,(H,20,26)(H,19,23,24). The molecule has 0 radical (unpaired) electrons. The first-order valence-corrected chi connectivity index (χ1v) is 11.1. The fourth-order valence-electron chi connectivity index (χ4n) is 2.80. The summed E-state index contributed by atoms with van der Waals surface area (Å²) in [5.74, 6) is 1.51. The van der Waals surface area contributed by atoms with Crippen molar-refractivity contribution >= 4 is 45.9 Å². The van der Waals surface area contributed by atoms with Gasteiger partial charge in [0, 0.05) is 20.2 Å². The Balaban J connectivity index is 1.73. The van der Waals surface area contributed by atoms with Crippen LogP contribution in [0.2, 0.25) is 0 Å². The van der Waals surface area contributed by atoms with E-state index in [2.05, 4.69) is 37.6 Å². The van der Waals surface area contributed by atoms with Gasteiger partial charge in [0.1, 0.15) is 10.7 Å². The molecular formula is C18H25N7O2S2. The second-order valence-corrected chi connectivity index (χ2v) is 8.65. The van der Waals surface area contributed by atoms with Crippen LogP contribution in [0, 0.1) is 13.8 Å². The topological polar surface area (TPSA) is 107 Å². The molecule has 0 saturated carbocycles. The predicted octanol–water partition coefficient (Wildman–Crippen LogP) is 2.50. The summed E-state index contributed by atoms with van der Waals surface area (Å²) in [5, 5.41) is 13.1. The van der Waals surface area contributed by atoms with Crippen LogP contribution in [-0.4, -0.2) is 63.2 Å². The molecule has 11 heteroatoms. The normalized spacial score (nSPS) is 11.2. The van der Waals surface area contributed by atoms with Crippen molar-refractivity contribution in [1.29, 1.82) is 0 Å². The molecule has 3 aromatic heterocycles. The quantitative estimate of drug-likeness (QED) is 0.284. The average Bonchev–Trinajstić information content (AvgIpc) is 3.25. The molecule has 0 aliphatic carbocycles. The van der Waals surface area contributed by atoms with Gasteiger partial charge >= 0.3 is 0 Å². The Morgan fingerprint density at radius 3 is 2.79 bits per heavy atom. The van der Waals surface area contributed by atoms with E-state index in [0.717, 1.165) is 33.3 Å². The Labute approximate surface area is 177 Å². The molecule has 2 N–H and O–H groups in total. The van der Waals surface area contributed by atoms with Crippen LogP contribution in [0.3, 0.4) is 0 Å². The summed E-state index contributed by atoms with van der Waals surface area (Å²) < 4.78 is 6.90. The number of hydrogen-bond donors (Lipinski definition) is 2. The molecule has 0 saturated heterocycles. The molecule has 0 aromatic carbocycles. The van der Waals surface area contributed by atoms with Gasteiger partial charge in [0.05, 0.1) is 35.4 Å². The molecule has 0 atom stereocenters. The number of anilines is 1. The highest BCUT2D eigenvalue weighted by atomic mass is 32.2. The molecule has 3 rings (SSSR count). The molecule has 0 unspecified atom stereocenters. The lowest BCUT2D eigenvalue weighted by molar-refractivity contribution is 0.0955. The third-order valence-corrected chi connectivity index (χ3v) is 5.87. The predicted molar refractivity (Wildman–Crippen MR) is 116 cm³/mol. The van der Waals surface area contributed by atoms with E-state index in [1.807, 2.05) is 13.8 Å². The SMILES string of the molecule is CCSc1nc(NCCOC)c2cnn(CCNC(=O)c3sc(C)nc3C)c2n1. The molecule has 3 heterocycles. The Kier molecular flexibility index (Phi) is 7.40. The third-order valence-electron chi connectivity index (χ3n) is 4.07. The molecule has 0 aliphatic rings. The number of fused-ring (bicyclic) bond motifs is 1. The monoisotopic (exact) mass is 435 g/mol. The number of carbonyl (C=O) groups excluding carboxylic acids is 1. The number of rotatable bonds is 10. The summed E-state index contributed by atoms with van der Waals surface area (Å²) in [6.07, 6.45) is 1.75. The van der Waals surface area contributed by atoms with E-state index in [-0.39, 0.29) is 5.91 Å². The van der Waals surface area contributed by atoms with Crippen LogP contribution in [0.25, 0.3) is 11.0 Å². The second-order valence-electron chi connectivity index (χ2n) is 6.22. The molecule has 9 nitrogen and oxygen atoms in total. The molecule has 0 fully saturated rings. The minimum atomic E-state index is -0.108. The molecule has 3 aromatic rings. The zero-order valence-corrected chi connectivity index (χ0v) is 18.6. The van der Waals surface area contributed by atoms with Gasteiger partial charge in [-0.3, -0.25) is 4.79 Å². The number of aromatic nitrogens is 5. The van der Waals surface area contributed by atoms with Crippen LogP contribution in [0.4, 0.5) is 5.82 Å². The number of nitrogens with one attached hydrogen (secondary N) is 2. The fourth-order valence-corrected chi connectivity index (χ4v) is 4.20. The van der Waals surface area contributed by atoms with Gasteiger partial charge in [-0.1, -0.05) is 18.7 Å². The first-order valence-electron chi connectivity index (χ1n) is 9.34. The lowest BCUT2D eigenvalue weighted by Crippen LogP contribution is -2.27. The Bertz CT molecular complexity index is 986. The van der Waals surface area contributed by atoms with Gasteiger partial charge in [0.15, 0.2) is 10.8 Å². The van der Waals surface area contributed by atoms with E-state index < -0.39 is 0 Å². The highest BCUT2D eigenvalue weighted by molar-refractivity contribution is 7.99. The zero-order valence-electron chi connectivity index (χ0n) is 17.0. The fraction of sp³-hybridized carbons (Fsp3) is 0.500. The zero-order chi connectivity index (χ0) is 20.8. The average molecular weight is 436 g/mol. The maximum atomic E-state index is 12.4. The van der Waals surface area contributed by atoms with Crippen LogP contribution in [0.1, 0.15) is 27.3 Å². The second kappa shape index (κ2) is 9.99. The van der Waals surface area contributed by atoms with Crippen molar-refractivity contribution in [3.05, 3.63) is 21.8 Å². The van der Waals surface area contributed by atoms with E-state index in [9.17, 15) is 4.79 Å². The van der Waals surface area contributed by atoms with Crippen LogP contribution in [0.5, 0.6) is 0 Å². The summed E-state index contributed by atoms with van der Waals surface area (Å²) in [6, 6.07) is 0. The van der Waals surface area contributed by atoms with Crippen LogP contribution in [-0.2, 0) is 11.3 Å². The Morgan fingerprint density at radius 2 is 2.10 bits per heavy atom. The van der Waals surface area contributed by atoms with E-state index in [1.54, 1.807) is 29.8 Å². The van der Waals surface area contributed by atoms with Crippen molar-refractivity contribution in [2.75, 3.05) is 37.9 Å². The maximum Gasteiger partial charge on any atom is 0.263 e. The van der Waals surface area contributed by atoms with E-state index >= 15 is 0 Å². The van der Waals surface area contributed by atoms with Crippen molar-refractivity contribution in [3.63, 3.8) is 0 Å². The van der Waals surface area contributed by atoms with Gasteiger partial charge in [0.25, 0.3) is 5.91 Å². The third kappa shape index (κ3) is 5.22. The lowest BCUT2D eigenvalue weighted by atomic mass is 10.3. The number of carbonyl (C=O) groups is 1. The molecule has 1 amide bonds. The molecule has 0 aliphatic heterocycles. The van der Waals surface area contributed by atoms with Crippen LogP contribution < -0.4 is 10.6 Å². The summed E-state index contributed by atoms with van der Waals surface area (Å²) in [7, 11) is 1.66. The smallest absolute Gasteiger partial charge is 0.263 e. The van der Waals surface area contributed by atoms with Crippen molar-refractivity contribution in [1.82, 2.24) is 30.0 Å². The largest absolute Gasteiger partial charge is 0.383 e. The minimum Gasteiger partial charge on any atom is -0.383 e. The number of amides is 1. The van der Waals surface area contributed by atoms with Gasteiger partial charge in [-0.15, -0.1) is 11.3 Å². The van der Waals surface area contributed by atoms with Gasteiger partial charge in [-0.05, 0) is 19.6 Å². The van der Waals surface area contributed by atoms with Crippen LogP contribution >= 0.6 is 23.1 Å². The maximum absolute atomic E-state index is 12.4. The van der Waals surface area contributed by atoms with Crippen molar-refractivity contribution in [2.45, 2.75) is 32.5 Å². The van der Waals surface area contributed by atoms with Crippen molar-refractivity contribution in [3.8, 4) is 0 Å². The van der Waals surface area contributed by atoms with Gasteiger partial charge < -0.3 is 15.4 Å². The van der Waals surface area contributed by atoms with Crippen molar-refractivity contribution < 1.29 is 9.53 Å². The first-order chi connectivity index (χ1) is 14.0. The Morgan fingerprint density at radius 1 is 1.28 bits per heavy atom. The number of thiazole rings is 1. The lowest BCUT2D eigenvalue weighted by Gasteiger charge is -2.09. The summed E-state index contributed by atoms with van der Waals surface area (Å²) in [6.45, 7) is 7.99. The summed E-state index contributed by atoms with van der Waals surface area (Å²) >= 11 is 2.98. The van der Waals surface area contributed by atoms with Gasteiger partial charge in [0.2, 0.25) is 0 Å². The van der Waals surface area contributed by atoms with Gasteiger partial charge in [-0.2, -0.15) is 5.10 Å². The molecule has 29 heavy (non-hydrogen) atoms. The molecule has 0 spiro atoms. The number of aryl methyl sites for hydroxylation is 2. The molecule has 156 valence electrons. The number of methoxy groups -OCH3 is 1.